The summed E-state index contributed by atoms with van der Waals surface area (Å²) in [6, 6.07) is 0.435. The molecular formula is C13H24N2O. The van der Waals surface area contributed by atoms with Crippen LogP contribution in [0.3, 0.4) is 0 Å². The van der Waals surface area contributed by atoms with Gasteiger partial charge < -0.3 is 10.6 Å². The second-order valence-electron chi connectivity index (χ2n) is 5.84. The predicted molar refractivity (Wildman–Crippen MR) is 65.0 cm³/mol. The van der Waals surface area contributed by atoms with Gasteiger partial charge in [0.2, 0.25) is 5.91 Å². The van der Waals surface area contributed by atoms with Gasteiger partial charge in [0.25, 0.3) is 0 Å². The van der Waals surface area contributed by atoms with Gasteiger partial charge in [-0.2, -0.15) is 0 Å². The molecule has 92 valence electrons. The van der Waals surface area contributed by atoms with Crippen molar-refractivity contribution in [2.75, 3.05) is 7.05 Å². The van der Waals surface area contributed by atoms with Crippen LogP contribution in [0.25, 0.3) is 0 Å². The standard InChI is InChI=1S/C13H24N2O/c1-10-4-6-11(7-5-10)15(2)12(16)13(14)8-3-9-13/h10-11H,3-9,14H2,1-2H3. The Hall–Kier alpha value is -0.570. The van der Waals surface area contributed by atoms with Crippen molar-refractivity contribution in [2.45, 2.75) is 63.5 Å². The quantitative estimate of drug-likeness (QED) is 0.778. The Kier molecular flexibility index (Phi) is 3.24. The molecule has 0 aromatic rings. The van der Waals surface area contributed by atoms with Crippen LogP contribution in [-0.4, -0.2) is 29.4 Å². The molecule has 0 aliphatic heterocycles. The minimum absolute atomic E-state index is 0.179. The molecule has 0 spiro atoms. The predicted octanol–water partition coefficient (Wildman–Crippen LogP) is 1.90. The Labute approximate surface area is 98.4 Å². The highest BCUT2D eigenvalue weighted by Gasteiger charge is 2.43. The SMILES string of the molecule is CC1CCC(N(C)C(=O)C2(N)CCC2)CC1. The zero-order chi connectivity index (χ0) is 11.8. The number of hydrogen-bond donors (Lipinski definition) is 1. The maximum absolute atomic E-state index is 12.2. The van der Waals surface area contributed by atoms with Crippen molar-refractivity contribution >= 4 is 5.91 Å². The van der Waals surface area contributed by atoms with E-state index in [1.165, 1.54) is 12.8 Å². The first kappa shape index (κ1) is 11.9. The third-order valence-corrected chi connectivity index (χ3v) is 4.53. The van der Waals surface area contributed by atoms with Gasteiger partial charge in [-0.05, 0) is 50.9 Å². The van der Waals surface area contributed by atoms with Crippen LogP contribution >= 0.6 is 0 Å². The molecule has 16 heavy (non-hydrogen) atoms. The lowest BCUT2D eigenvalue weighted by atomic mass is 9.76. The van der Waals surface area contributed by atoms with Crippen molar-refractivity contribution in [3.63, 3.8) is 0 Å². The van der Waals surface area contributed by atoms with Crippen LogP contribution in [0.1, 0.15) is 51.9 Å². The normalized spacial score (nSPS) is 32.9. The van der Waals surface area contributed by atoms with Gasteiger partial charge >= 0.3 is 0 Å². The molecule has 0 heterocycles. The number of carbonyl (C=O) groups is 1. The van der Waals surface area contributed by atoms with E-state index in [2.05, 4.69) is 6.92 Å². The van der Waals surface area contributed by atoms with Crippen LogP contribution in [0.5, 0.6) is 0 Å². The first-order valence-electron chi connectivity index (χ1n) is 6.59. The van der Waals surface area contributed by atoms with Gasteiger partial charge in [-0.25, -0.2) is 0 Å². The van der Waals surface area contributed by atoms with E-state index >= 15 is 0 Å². The molecule has 0 radical (unpaired) electrons. The smallest absolute Gasteiger partial charge is 0.242 e. The summed E-state index contributed by atoms with van der Waals surface area (Å²) in [7, 11) is 1.94. The molecule has 2 aliphatic rings. The van der Waals surface area contributed by atoms with Gasteiger partial charge in [-0.1, -0.05) is 6.92 Å². The van der Waals surface area contributed by atoms with Crippen LogP contribution in [0.4, 0.5) is 0 Å². The van der Waals surface area contributed by atoms with Gasteiger partial charge in [0.1, 0.15) is 0 Å². The van der Waals surface area contributed by atoms with Crippen LogP contribution in [0, 0.1) is 5.92 Å². The van der Waals surface area contributed by atoms with Crippen molar-refractivity contribution in [2.24, 2.45) is 11.7 Å². The number of hydrogen-bond acceptors (Lipinski definition) is 2. The molecule has 0 bridgehead atoms. The highest BCUT2D eigenvalue weighted by atomic mass is 16.2. The van der Waals surface area contributed by atoms with E-state index in [1.54, 1.807) is 0 Å². The third kappa shape index (κ3) is 2.10. The average Bonchev–Trinajstić information content (AvgIpc) is 2.25. The topological polar surface area (TPSA) is 46.3 Å². The molecule has 0 aromatic heterocycles. The van der Waals surface area contributed by atoms with Crippen LogP contribution in [-0.2, 0) is 4.79 Å². The highest BCUT2D eigenvalue weighted by molar-refractivity contribution is 5.87. The van der Waals surface area contributed by atoms with E-state index in [0.29, 0.717) is 6.04 Å². The third-order valence-electron chi connectivity index (χ3n) is 4.53. The van der Waals surface area contributed by atoms with Crippen LogP contribution in [0.15, 0.2) is 0 Å². The molecule has 1 amide bonds. The van der Waals surface area contributed by atoms with Crippen LogP contribution < -0.4 is 5.73 Å². The average molecular weight is 224 g/mol. The molecule has 2 aliphatic carbocycles. The molecule has 3 nitrogen and oxygen atoms in total. The number of nitrogens with two attached hydrogens (primary N) is 1. The summed E-state index contributed by atoms with van der Waals surface area (Å²) < 4.78 is 0. The van der Waals surface area contributed by atoms with Gasteiger partial charge in [0.15, 0.2) is 0 Å². The zero-order valence-corrected chi connectivity index (χ0v) is 10.5. The lowest BCUT2D eigenvalue weighted by molar-refractivity contribution is -0.141. The summed E-state index contributed by atoms with van der Waals surface area (Å²) in [5.74, 6) is 1.01. The molecule has 2 fully saturated rings. The molecule has 2 N–H and O–H groups in total. The molecule has 0 saturated heterocycles. The van der Waals surface area contributed by atoms with Gasteiger partial charge in [-0.3, -0.25) is 4.79 Å². The van der Waals surface area contributed by atoms with Gasteiger partial charge in [0, 0.05) is 13.1 Å². The van der Waals surface area contributed by atoms with Crippen molar-refractivity contribution in [1.82, 2.24) is 4.90 Å². The largest absolute Gasteiger partial charge is 0.341 e. The number of amides is 1. The molecule has 3 heteroatoms. The second-order valence-corrected chi connectivity index (χ2v) is 5.84. The molecule has 0 aromatic carbocycles. The summed E-state index contributed by atoms with van der Waals surface area (Å²) >= 11 is 0. The summed E-state index contributed by atoms with van der Waals surface area (Å²) in [5.41, 5.74) is 5.57. The van der Waals surface area contributed by atoms with Crippen molar-refractivity contribution in [3.8, 4) is 0 Å². The fourth-order valence-electron chi connectivity index (χ4n) is 2.92. The van der Waals surface area contributed by atoms with E-state index < -0.39 is 5.54 Å². The maximum atomic E-state index is 12.2. The lowest BCUT2D eigenvalue weighted by Crippen LogP contribution is -2.60. The summed E-state index contributed by atoms with van der Waals surface area (Å²) in [6.45, 7) is 2.30. The molecule has 0 atom stereocenters. The lowest BCUT2D eigenvalue weighted by Gasteiger charge is -2.43. The molecule has 2 saturated carbocycles. The van der Waals surface area contributed by atoms with Gasteiger partial charge in [-0.15, -0.1) is 0 Å². The Bertz CT molecular complexity index is 265. The minimum atomic E-state index is -0.516. The van der Waals surface area contributed by atoms with Gasteiger partial charge in [0.05, 0.1) is 5.54 Å². The number of nitrogens with zero attached hydrogens (tertiary/aromatic N) is 1. The summed E-state index contributed by atoms with van der Waals surface area (Å²) in [6.07, 6.45) is 7.66. The maximum Gasteiger partial charge on any atom is 0.242 e. The Morgan fingerprint density at radius 2 is 1.81 bits per heavy atom. The second kappa shape index (κ2) is 4.36. The molecular weight excluding hydrogens is 200 g/mol. The first-order valence-corrected chi connectivity index (χ1v) is 6.59. The monoisotopic (exact) mass is 224 g/mol. The number of carbonyl (C=O) groups excluding carboxylic acids is 1. The molecule has 2 rings (SSSR count). The zero-order valence-electron chi connectivity index (χ0n) is 10.5. The van der Waals surface area contributed by atoms with Crippen molar-refractivity contribution in [1.29, 1.82) is 0 Å². The minimum Gasteiger partial charge on any atom is -0.341 e. The van der Waals surface area contributed by atoms with E-state index in [9.17, 15) is 4.79 Å². The summed E-state index contributed by atoms with van der Waals surface area (Å²) in [5, 5.41) is 0. The fourth-order valence-corrected chi connectivity index (χ4v) is 2.92. The first-order chi connectivity index (χ1) is 7.53. The highest BCUT2D eigenvalue weighted by Crippen LogP contribution is 2.33. The Morgan fingerprint density at radius 1 is 1.25 bits per heavy atom. The van der Waals surface area contributed by atoms with E-state index in [0.717, 1.165) is 38.0 Å². The van der Waals surface area contributed by atoms with Crippen molar-refractivity contribution < 1.29 is 4.79 Å². The number of rotatable bonds is 2. The Morgan fingerprint density at radius 3 is 2.25 bits per heavy atom. The molecule has 0 unspecified atom stereocenters. The van der Waals surface area contributed by atoms with E-state index in [-0.39, 0.29) is 5.91 Å². The Balaban J connectivity index is 1.91. The van der Waals surface area contributed by atoms with Crippen LogP contribution in [0.2, 0.25) is 0 Å². The number of likely N-dealkylation sites (N-methyl/N-ethyl adjacent to an activating group) is 1. The fraction of sp³-hybridized carbons (Fsp3) is 0.923. The van der Waals surface area contributed by atoms with Crippen molar-refractivity contribution in [3.05, 3.63) is 0 Å². The van der Waals surface area contributed by atoms with E-state index in [1.807, 2.05) is 11.9 Å². The van der Waals surface area contributed by atoms with E-state index in [4.69, 9.17) is 5.73 Å². The summed E-state index contributed by atoms with van der Waals surface area (Å²) in [4.78, 5) is 14.2.